The predicted octanol–water partition coefficient (Wildman–Crippen LogP) is 3.11. The maximum absolute atomic E-state index is 14.0. The van der Waals surface area contributed by atoms with Crippen LogP contribution in [-0.2, 0) is 5.41 Å². The fourth-order valence-electron chi connectivity index (χ4n) is 2.29. The Morgan fingerprint density at radius 3 is 2.47 bits per heavy atom. The molecule has 0 spiro atoms. The van der Waals surface area contributed by atoms with E-state index in [1.165, 1.54) is 7.11 Å². The molecule has 1 fully saturated rings. The third kappa shape index (κ3) is 1.85. The second kappa shape index (κ2) is 4.21. The normalized spacial score (nSPS) is 18.9. The molecule has 1 saturated carbocycles. The van der Waals surface area contributed by atoms with Crippen molar-refractivity contribution in [3.05, 3.63) is 27.7 Å². The van der Waals surface area contributed by atoms with Gasteiger partial charge in [0.1, 0.15) is 5.75 Å². The van der Waals surface area contributed by atoms with Crippen LogP contribution < -0.4 is 10.5 Å². The fourth-order valence-corrected chi connectivity index (χ4v) is 2.85. The van der Waals surface area contributed by atoms with Gasteiger partial charge in [0.15, 0.2) is 11.6 Å². The van der Waals surface area contributed by atoms with Crippen LogP contribution in [0.3, 0.4) is 0 Å². The third-order valence-corrected chi connectivity index (χ3v) is 4.08. The smallest absolute Gasteiger partial charge is 0.166 e. The Bertz CT molecular complexity index is 458. The third-order valence-electron chi connectivity index (χ3n) is 3.49. The number of benzene rings is 1. The van der Waals surface area contributed by atoms with Gasteiger partial charge in [0.05, 0.1) is 11.6 Å². The van der Waals surface area contributed by atoms with Crippen LogP contribution in [0, 0.1) is 11.6 Å². The van der Waals surface area contributed by atoms with Crippen molar-refractivity contribution in [1.82, 2.24) is 0 Å². The number of rotatable bonds is 3. The van der Waals surface area contributed by atoms with Gasteiger partial charge in [-0.3, -0.25) is 0 Å². The topological polar surface area (TPSA) is 35.2 Å². The van der Waals surface area contributed by atoms with Gasteiger partial charge in [0.2, 0.25) is 0 Å². The Kier molecular flexibility index (Phi) is 3.16. The molecule has 1 aliphatic carbocycles. The van der Waals surface area contributed by atoms with Crippen LogP contribution in [0.15, 0.2) is 10.5 Å². The molecule has 1 atom stereocenters. The van der Waals surface area contributed by atoms with Gasteiger partial charge in [-0.2, -0.15) is 0 Å². The highest BCUT2D eigenvalue weighted by Gasteiger charge is 2.51. The fraction of sp³-hybridized carbons (Fsp3) is 0.500. The van der Waals surface area contributed by atoms with Gasteiger partial charge in [0.25, 0.3) is 0 Å². The van der Waals surface area contributed by atoms with Crippen molar-refractivity contribution in [3.63, 3.8) is 0 Å². The molecule has 0 amide bonds. The van der Waals surface area contributed by atoms with E-state index in [0.29, 0.717) is 10.2 Å². The minimum absolute atomic E-state index is 0.236. The van der Waals surface area contributed by atoms with Crippen LogP contribution in [0.4, 0.5) is 8.78 Å². The lowest BCUT2D eigenvalue weighted by atomic mass is 9.88. The summed E-state index contributed by atoms with van der Waals surface area (Å²) in [6.07, 6.45) is 1.52. The van der Waals surface area contributed by atoms with E-state index in [2.05, 4.69) is 15.9 Å². The Morgan fingerprint density at radius 1 is 1.47 bits per heavy atom. The van der Waals surface area contributed by atoms with Crippen molar-refractivity contribution in [3.8, 4) is 5.75 Å². The molecule has 94 valence electrons. The molecule has 2 rings (SSSR count). The summed E-state index contributed by atoms with van der Waals surface area (Å²) in [5.74, 6) is -1.38. The molecule has 0 aliphatic heterocycles. The molecule has 1 unspecified atom stereocenters. The maximum Gasteiger partial charge on any atom is 0.166 e. The molecule has 1 aromatic rings. The van der Waals surface area contributed by atoms with Crippen LogP contribution in [0.5, 0.6) is 5.75 Å². The van der Waals surface area contributed by atoms with E-state index in [9.17, 15) is 8.78 Å². The van der Waals surface area contributed by atoms with E-state index in [-0.39, 0.29) is 11.6 Å². The summed E-state index contributed by atoms with van der Waals surface area (Å²) in [7, 11) is 1.44. The van der Waals surface area contributed by atoms with Gasteiger partial charge in [0, 0.05) is 17.0 Å². The molecule has 0 aromatic heterocycles. The second-order valence-electron chi connectivity index (χ2n) is 4.51. The highest BCUT2D eigenvalue weighted by Crippen LogP contribution is 2.55. The second-order valence-corrected chi connectivity index (χ2v) is 5.36. The number of halogens is 3. The molecule has 0 saturated heterocycles. The van der Waals surface area contributed by atoms with Gasteiger partial charge >= 0.3 is 0 Å². The number of ether oxygens (including phenoxy) is 1. The molecule has 0 bridgehead atoms. The Hall–Kier alpha value is -0.680. The van der Waals surface area contributed by atoms with Crippen molar-refractivity contribution in [1.29, 1.82) is 0 Å². The van der Waals surface area contributed by atoms with E-state index in [1.807, 2.05) is 6.92 Å². The quantitative estimate of drug-likeness (QED) is 0.871. The van der Waals surface area contributed by atoms with Crippen molar-refractivity contribution in [2.45, 2.75) is 31.2 Å². The number of hydrogen-bond donors (Lipinski definition) is 1. The zero-order valence-corrected chi connectivity index (χ0v) is 11.3. The number of nitrogens with two attached hydrogens (primary N) is 1. The molecule has 2 N–H and O–H groups in total. The minimum Gasteiger partial charge on any atom is -0.495 e. The first kappa shape index (κ1) is 12.8. The van der Waals surface area contributed by atoms with Crippen LogP contribution in [0.25, 0.3) is 0 Å². The Labute approximate surface area is 107 Å². The zero-order valence-electron chi connectivity index (χ0n) is 9.69. The lowest BCUT2D eigenvalue weighted by Crippen LogP contribution is -2.33. The summed E-state index contributed by atoms with van der Waals surface area (Å²) in [5.41, 5.74) is 5.68. The van der Waals surface area contributed by atoms with E-state index < -0.39 is 17.0 Å². The molecule has 0 radical (unpaired) electrons. The molecule has 17 heavy (non-hydrogen) atoms. The monoisotopic (exact) mass is 305 g/mol. The molecular formula is C12H14BrF2NO. The average Bonchev–Trinajstić information content (AvgIpc) is 3.04. The van der Waals surface area contributed by atoms with Gasteiger partial charge in [-0.1, -0.05) is 0 Å². The largest absolute Gasteiger partial charge is 0.495 e. The Morgan fingerprint density at radius 2 is 2.06 bits per heavy atom. The summed E-state index contributed by atoms with van der Waals surface area (Å²) in [4.78, 5) is 0. The first-order valence-corrected chi connectivity index (χ1v) is 6.21. The molecule has 2 nitrogen and oxygen atoms in total. The van der Waals surface area contributed by atoms with Crippen LogP contribution >= 0.6 is 15.9 Å². The van der Waals surface area contributed by atoms with E-state index in [1.54, 1.807) is 0 Å². The maximum atomic E-state index is 14.0. The van der Waals surface area contributed by atoms with Crippen molar-refractivity contribution >= 4 is 15.9 Å². The van der Waals surface area contributed by atoms with Gasteiger partial charge in [-0.15, -0.1) is 0 Å². The summed E-state index contributed by atoms with van der Waals surface area (Å²) in [6, 6.07) is 0.842. The summed E-state index contributed by atoms with van der Waals surface area (Å²) in [5, 5.41) is 0. The van der Waals surface area contributed by atoms with Crippen LogP contribution in [-0.4, -0.2) is 13.2 Å². The van der Waals surface area contributed by atoms with Gasteiger partial charge in [-0.25, -0.2) is 8.78 Å². The zero-order chi connectivity index (χ0) is 12.8. The average molecular weight is 306 g/mol. The molecule has 1 aromatic carbocycles. The summed E-state index contributed by atoms with van der Waals surface area (Å²) >= 11 is 3.19. The van der Waals surface area contributed by atoms with E-state index >= 15 is 0 Å². The van der Waals surface area contributed by atoms with Crippen molar-refractivity contribution in [2.75, 3.05) is 7.11 Å². The van der Waals surface area contributed by atoms with Gasteiger partial charge in [-0.05, 0) is 41.8 Å². The predicted molar refractivity (Wildman–Crippen MR) is 65.2 cm³/mol. The SMILES string of the molecule is COc1c(Br)cc(F)c(F)c1C1(C(C)N)CC1. The van der Waals surface area contributed by atoms with E-state index in [0.717, 1.165) is 18.9 Å². The Balaban J connectivity index is 2.67. The molecule has 0 heterocycles. The minimum atomic E-state index is -0.875. The standard InChI is InChI=1S/C12H14BrF2NO/c1-6(16)12(3-4-12)9-10(15)8(14)5-7(13)11(9)17-2/h5-6H,3-4,16H2,1-2H3. The molecule has 5 heteroatoms. The van der Waals surface area contributed by atoms with Crippen LogP contribution in [0.2, 0.25) is 0 Å². The highest BCUT2D eigenvalue weighted by molar-refractivity contribution is 9.10. The van der Waals surface area contributed by atoms with Crippen molar-refractivity contribution in [2.24, 2.45) is 5.73 Å². The number of methoxy groups -OCH3 is 1. The highest BCUT2D eigenvalue weighted by atomic mass is 79.9. The van der Waals surface area contributed by atoms with E-state index in [4.69, 9.17) is 10.5 Å². The first-order valence-electron chi connectivity index (χ1n) is 5.41. The lowest BCUT2D eigenvalue weighted by Gasteiger charge is -2.24. The number of hydrogen-bond acceptors (Lipinski definition) is 2. The van der Waals surface area contributed by atoms with Gasteiger partial charge < -0.3 is 10.5 Å². The summed E-state index contributed by atoms with van der Waals surface area (Å²) in [6.45, 7) is 1.81. The molecule has 1 aliphatic rings. The first-order chi connectivity index (χ1) is 7.94. The lowest BCUT2D eigenvalue weighted by molar-refractivity contribution is 0.378. The molecular weight excluding hydrogens is 292 g/mol. The summed E-state index contributed by atoms with van der Waals surface area (Å²) < 4.78 is 33.1. The van der Waals surface area contributed by atoms with Crippen LogP contribution in [0.1, 0.15) is 25.3 Å². The van der Waals surface area contributed by atoms with Crippen molar-refractivity contribution < 1.29 is 13.5 Å².